The first kappa shape index (κ1) is 15.3. The average Bonchev–Trinajstić information content (AvgIpc) is 2.40. The van der Waals surface area contributed by atoms with Gasteiger partial charge in [-0.05, 0) is 43.1 Å². The van der Waals surface area contributed by atoms with Crippen molar-refractivity contribution in [1.82, 2.24) is 9.97 Å². The molecule has 4 heteroatoms. The van der Waals surface area contributed by atoms with Gasteiger partial charge in [0.1, 0.15) is 0 Å². The quantitative estimate of drug-likeness (QED) is 0.764. The normalized spacial score (nSPS) is 27.1. The average molecular weight is 289 g/mol. The molecule has 0 bridgehead atoms. The molecule has 0 saturated heterocycles. The van der Waals surface area contributed by atoms with Gasteiger partial charge in [0.25, 0.3) is 0 Å². The maximum atomic E-state index is 9.37. The van der Waals surface area contributed by atoms with Crippen LogP contribution in [-0.4, -0.2) is 15.2 Å². The number of hydrogen-bond donors (Lipinski definition) is 0. The van der Waals surface area contributed by atoms with Crippen molar-refractivity contribution in [2.24, 2.45) is 17.3 Å². The first-order chi connectivity index (χ1) is 9.40. The van der Waals surface area contributed by atoms with Crippen molar-refractivity contribution in [2.45, 2.75) is 57.4 Å². The monoisotopic (exact) mass is 289 g/mol. The Labute approximate surface area is 126 Å². The molecule has 0 amide bonds. The molecule has 1 aromatic heterocycles. The largest absolute Gasteiger partial charge is 0.231 e. The van der Waals surface area contributed by atoms with Crippen molar-refractivity contribution >= 4 is 11.8 Å². The summed E-state index contributed by atoms with van der Waals surface area (Å²) in [5.41, 5.74) is 1.38. The summed E-state index contributed by atoms with van der Waals surface area (Å²) in [6, 6.07) is 2.48. The molecule has 3 unspecified atom stereocenters. The molecule has 3 atom stereocenters. The zero-order chi connectivity index (χ0) is 14.8. The molecule has 1 fully saturated rings. The van der Waals surface area contributed by atoms with Gasteiger partial charge in [-0.2, -0.15) is 5.26 Å². The van der Waals surface area contributed by atoms with Crippen LogP contribution in [0.5, 0.6) is 0 Å². The molecule has 0 N–H and O–H groups in total. The molecule has 1 aliphatic carbocycles. The van der Waals surface area contributed by atoms with Crippen LogP contribution in [0.25, 0.3) is 0 Å². The molecule has 0 aromatic carbocycles. The Hall–Kier alpha value is -1.08. The summed E-state index contributed by atoms with van der Waals surface area (Å²) in [6.07, 6.45) is 6.95. The highest BCUT2D eigenvalue weighted by Crippen LogP contribution is 2.44. The van der Waals surface area contributed by atoms with E-state index in [-0.39, 0.29) is 5.92 Å². The number of aryl methyl sites for hydroxylation is 1. The second-order valence-corrected chi connectivity index (χ2v) is 8.02. The van der Waals surface area contributed by atoms with E-state index in [1.165, 1.54) is 0 Å². The smallest absolute Gasteiger partial charge is 0.187 e. The lowest BCUT2D eigenvalue weighted by molar-refractivity contribution is 0.169. The van der Waals surface area contributed by atoms with Crippen LogP contribution in [-0.2, 0) is 0 Å². The van der Waals surface area contributed by atoms with Crippen LogP contribution >= 0.6 is 11.8 Å². The van der Waals surface area contributed by atoms with E-state index in [9.17, 15) is 5.26 Å². The van der Waals surface area contributed by atoms with Crippen molar-refractivity contribution in [2.75, 3.05) is 0 Å². The van der Waals surface area contributed by atoms with Crippen LogP contribution in [0.4, 0.5) is 0 Å². The van der Waals surface area contributed by atoms with Crippen molar-refractivity contribution < 1.29 is 0 Å². The first-order valence-electron chi connectivity index (χ1n) is 7.25. The fourth-order valence-corrected chi connectivity index (χ4v) is 3.96. The number of rotatable bonds is 2. The number of hydrogen-bond acceptors (Lipinski definition) is 4. The van der Waals surface area contributed by atoms with Crippen LogP contribution in [0.2, 0.25) is 0 Å². The fraction of sp³-hybridized carbons (Fsp3) is 0.688. The predicted octanol–water partition coefficient (Wildman–Crippen LogP) is 4.23. The van der Waals surface area contributed by atoms with Gasteiger partial charge in [-0.1, -0.05) is 32.5 Å². The third-order valence-electron chi connectivity index (χ3n) is 4.20. The lowest BCUT2D eigenvalue weighted by atomic mass is 9.70. The summed E-state index contributed by atoms with van der Waals surface area (Å²) >= 11 is 1.68. The van der Waals surface area contributed by atoms with Crippen LogP contribution < -0.4 is 0 Å². The molecule has 0 aliphatic heterocycles. The molecule has 2 rings (SSSR count). The Morgan fingerprint density at radius 2 is 1.90 bits per heavy atom. The highest BCUT2D eigenvalue weighted by molar-refractivity contribution is 7.99. The predicted molar refractivity (Wildman–Crippen MR) is 82.3 cm³/mol. The van der Waals surface area contributed by atoms with Crippen LogP contribution in [0.15, 0.2) is 17.6 Å². The molecule has 0 spiro atoms. The van der Waals surface area contributed by atoms with E-state index in [0.29, 0.717) is 16.6 Å². The zero-order valence-corrected chi connectivity index (χ0v) is 13.6. The van der Waals surface area contributed by atoms with Crippen molar-refractivity contribution in [3.05, 3.63) is 18.0 Å². The maximum absolute atomic E-state index is 9.37. The van der Waals surface area contributed by atoms with E-state index in [1.54, 1.807) is 11.8 Å². The van der Waals surface area contributed by atoms with Gasteiger partial charge in [-0.25, -0.2) is 9.97 Å². The Bertz CT molecular complexity index is 484. The molecular weight excluding hydrogens is 266 g/mol. The number of nitrogens with zero attached hydrogens (tertiary/aromatic N) is 3. The molecule has 1 aliphatic rings. The third kappa shape index (κ3) is 3.73. The Morgan fingerprint density at radius 3 is 2.45 bits per heavy atom. The summed E-state index contributed by atoms with van der Waals surface area (Å²) < 4.78 is 0. The molecule has 1 saturated carbocycles. The lowest BCUT2D eigenvalue weighted by Crippen LogP contribution is -2.33. The topological polar surface area (TPSA) is 49.6 Å². The Morgan fingerprint density at radius 1 is 1.25 bits per heavy atom. The summed E-state index contributed by atoms with van der Waals surface area (Å²) in [6.45, 7) is 8.89. The third-order valence-corrected chi connectivity index (χ3v) is 5.44. The first-order valence-corrected chi connectivity index (χ1v) is 8.13. The van der Waals surface area contributed by atoms with Crippen molar-refractivity contribution in [3.63, 3.8) is 0 Å². The second kappa shape index (κ2) is 6.13. The highest BCUT2D eigenvalue weighted by Gasteiger charge is 2.36. The van der Waals surface area contributed by atoms with Gasteiger partial charge in [-0.15, -0.1) is 0 Å². The molecule has 1 heterocycles. The van der Waals surface area contributed by atoms with Crippen LogP contribution in [0.3, 0.4) is 0 Å². The fourth-order valence-electron chi connectivity index (χ4n) is 2.77. The van der Waals surface area contributed by atoms with Crippen LogP contribution in [0, 0.1) is 35.5 Å². The summed E-state index contributed by atoms with van der Waals surface area (Å²) in [5, 5.41) is 10.5. The Balaban J connectivity index is 2.09. The van der Waals surface area contributed by atoms with E-state index in [1.807, 2.05) is 19.3 Å². The van der Waals surface area contributed by atoms with E-state index < -0.39 is 0 Å². The van der Waals surface area contributed by atoms with E-state index >= 15 is 0 Å². The maximum Gasteiger partial charge on any atom is 0.187 e. The number of thioether (sulfide) groups is 1. The standard InChI is InChI=1S/C16H23N3S/c1-11-9-18-15(19-10-11)20-14-7-13(16(2,3)4)6-5-12(14)8-17/h9-10,12-14H,5-7H2,1-4H3. The van der Waals surface area contributed by atoms with Gasteiger partial charge in [0.05, 0.1) is 12.0 Å². The molecular formula is C16H23N3S. The summed E-state index contributed by atoms with van der Waals surface area (Å²) in [4.78, 5) is 8.74. The molecule has 3 nitrogen and oxygen atoms in total. The van der Waals surface area contributed by atoms with Crippen molar-refractivity contribution in [1.29, 1.82) is 5.26 Å². The number of aromatic nitrogens is 2. The molecule has 0 radical (unpaired) electrons. The van der Waals surface area contributed by atoms with E-state index in [4.69, 9.17) is 0 Å². The summed E-state index contributed by atoms with van der Waals surface area (Å²) in [7, 11) is 0. The number of nitriles is 1. The van der Waals surface area contributed by atoms with Gasteiger partial charge in [0.15, 0.2) is 5.16 Å². The molecule has 1 aromatic rings. The van der Waals surface area contributed by atoms with Crippen LogP contribution in [0.1, 0.15) is 45.6 Å². The molecule has 20 heavy (non-hydrogen) atoms. The lowest BCUT2D eigenvalue weighted by Gasteiger charge is -2.39. The highest BCUT2D eigenvalue weighted by atomic mass is 32.2. The van der Waals surface area contributed by atoms with Gasteiger partial charge < -0.3 is 0 Å². The van der Waals surface area contributed by atoms with E-state index in [0.717, 1.165) is 30.0 Å². The second-order valence-electron chi connectivity index (χ2n) is 6.81. The minimum absolute atomic E-state index is 0.128. The minimum atomic E-state index is 0.128. The zero-order valence-electron chi connectivity index (χ0n) is 12.8. The van der Waals surface area contributed by atoms with Gasteiger partial charge >= 0.3 is 0 Å². The van der Waals surface area contributed by atoms with Gasteiger partial charge in [0.2, 0.25) is 0 Å². The van der Waals surface area contributed by atoms with Gasteiger partial charge in [-0.3, -0.25) is 0 Å². The Kier molecular flexibility index (Phi) is 4.70. The van der Waals surface area contributed by atoms with Crippen molar-refractivity contribution in [3.8, 4) is 6.07 Å². The van der Waals surface area contributed by atoms with E-state index in [2.05, 4.69) is 36.8 Å². The summed E-state index contributed by atoms with van der Waals surface area (Å²) in [5.74, 6) is 0.804. The molecule has 108 valence electrons. The SMILES string of the molecule is Cc1cnc(SC2CC(C(C)(C)C)CCC2C#N)nc1. The minimum Gasteiger partial charge on any atom is -0.231 e. The van der Waals surface area contributed by atoms with Gasteiger partial charge in [0, 0.05) is 17.6 Å².